The molecule has 23 heavy (non-hydrogen) atoms. The minimum atomic E-state index is -2.27. The molecular formula is C16H10FNO4S. The Morgan fingerprint density at radius 3 is 2.74 bits per heavy atom. The van der Waals surface area contributed by atoms with Crippen LogP contribution in [0.15, 0.2) is 35.2 Å². The Morgan fingerprint density at radius 2 is 2.04 bits per heavy atom. The first-order chi connectivity index (χ1) is 11.0. The van der Waals surface area contributed by atoms with Crippen LogP contribution in [0.25, 0.3) is 0 Å². The smallest absolute Gasteiger partial charge is 0.187 e. The Balaban J connectivity index is 2.06. The van der Waals surface area contributed by atoms with Crippen molar-refractivity contribution in [2.75, 3.05) is 0 Å². The van der Waals surface area contributed by atoms with Crippen molar-refractivity contribution in [3.8, 4) is 17.6 Å². The van der Waals surface area contributed by atoms with Gasteiger partial charge in [0.05, 0.1) is 16.5 Å². The van der Waals surface area contributed by atoms with Crippen LogP contribution >= 0.6 is 0 Å². The second-order valence-electron chi connectivity index (χ2n) is 4.98. The van der Waals surface area contributed by atoms with E-state index >= 15 is 0 Å². The van der Waals surface area contributed by atoms with Crippen molar-refractivity contribution < 1.29 is 22.7 Å². The molecule has 2 aromatic rings. The molecule has 7 heteroatoms. The molecule has 0 saturated carbocycles. The van der Waals surface area contributed by atoms with Crippen molar-refractivity contribution in [2.45, 2.75) is 17.7 Å². The molecule has 1 N–H and O–H groups in total. The number of Topliss-reactive ketones (excluding diaryl/α,β-unsaturated/α-hetero) is 1. The van der Waals surface area contributed by atoms with Gasteiger partial charge in [-0.1, -0.05) is 0 Å². The molecule has 5 nitrogen and oxygen atoms in total. The van der Waals surface area contributed by atoms with Crippen LogP contribution in [-0.4, -0.2) is 14.5 Å². The fraction of sp³-hybridized carbons (Fsp3) is 0.125. The molecule has 1 aliphatic rings. The molecule has 0 heterocycles. The van der Waals surface area contributed by atoms with Gasteiger partial charge < -0.3 is 9.29 Å². The third kappa shape index (κ3) is 2.86. The zero-order chi connectivity index (χ0) is 16.6. The highest BCUT2D eigenvalue weighted by molar-refractivity contribution is 7.79. The number of hydrogen-bond acceptors (Lipinski definition) is 4. The van der Waals surface area contributed by atoms with Gasteiger partial charge in [0.1, 0.15) is 17.3 Å². The molecule has 1 unspecified atom stereocenters. The highest BCUT2D eigenvalue weighted by Crippen LogP contribution is 2.37. The number of rotatable bonds is 3. The van der Waals surface area contributed by atoms with Crippen LogP contribution in [0.3, 0.4) is 0 Å². The molecule has 2 aromatic carbocycles. The van der Waals surface area contributed by atoms with Gasteiger partial charge in [-0.2, -0.15) is 5.26 Å². The summed E-state index contributed by atoms with van der Waals surface area (Å²) in [6.45, 7) is 0. The summed E-state index contributed by atoms with van der Waals surface area (Å²) in [5.74, 6) is -0.393. The Morgan fingerprint density at radius 1 is 1.26 bits per heavy atom. The molecule has 3 rings (SSSR count). The Kier molecular flexibility index (Phi) is 3.94. The van der Waals surface area contributed by atoms with E-state index in [1.54, 1.807) is 0 Å². The zero-order valence-corrected chi connectivity index (χ0v) is 12.5. The van der Waals surface area contributed by atoms with Crippen LogP contribution in [-0.2, 0) is 17.5 Å². The second kappa shape index (κ2) is 5.91. The molecule has 0 saturated heterocycles. The zero-order valence-electron chi connectivity index (χ0n) is 11.7. The van der Waals surface area contributed by atoms with Gasteiger partial charge in [-0.05, 0) is 30.7 Å². The van der Waals surface area contributed by atoms with Crippen molar-refractivity contribution in [3.63, 3.8) is 0 Å². The largest absolute Gasteiger partial charge is 0.457 e. The van der Waals surface area contributed by atoms with E-state index in [9.17, 15) is 17.9 Å². The van der Waals surface area contributed by atoms with Crippen LogP contribution in [0.1, 0.15) is 27.9 Å². The fourth-order valence-corrected chi connectivity index (χ4v) is 3.18. The predicted octanol–water partition coefficient (Wildman–Crippen LogP) is 3.20. The number of nitrogens with zero attached hydrogens (tertiary/aromatic N) is 1. The summed E-state index contributed by atoms with van der Waals surface area (Å²) in [5.41, 5.74) is 0.832. The van der Waals surface area contributed by atoms with Gasteiger partial charge in [-0.25, -0.2) is 8.60 Å². The molecule has 0 radical (unpaired) electrons. The summed E-state index contributed by atoms with van der Waals surface area (Å²) in [6.07, 6.45) is 0.613. The Labute approximate surface area is 133 Å². The quantitative estimate of drug-likeness (QED) is 0.873. The number of fused-ring (bicyclic) bond motifs is 1. The van der Waals surface area contributed by atoms with Gasteiger partial charge in [-0.15, -0.1) is 0 Å². The first kappa shape index (κ1) is 15.3. The number of carbonyl (C=O) groups is 1. The van der Waals surface area contributed by atoms with Crippen LogP contribution < -0.4 is 4.74 Å². The third-order valence-electron chi connectivity index (χ3n) is 3.53. The monoisotopic (exact) mass is 331 g/mol. The van der Waals surface area contributed by atoms with Gasteiger partial charge in [0.15, 0.2) is 16.9 Å². The van der Waals surface area contributed by atoms with Crippen molar-refractivity contribution >= 4 is 16.9 Å². The number of ketones is 1. The summed E-state index contributed by atoms with van der Waals surface area (Å²) in [7, 11) is 0. The van der Waals surface area contributed by atoms with Crippen molar-refractivity contribution in [3.05, 3.63) is 52.8 Å². The van der Waals surface area contributed by atoms with E-state index in [2.05, 4.69) is 0 Å². The average molecular weight is 331 g/mol. The first-order valence-electron chi connectivity index (χ1n) is 6.68. The third-order valence-corrected chi connectivity index (χ3v) is 4.25. The molecule has 0 aliphatic heterocycles. The van der Waals surface area contributed by atoms with Crippen LogP contribution in [0, 0.1) is 17.1 Å². The topological polar surface area (TPSA) is 87.4 Å². The van der Waals surface area contributed by atoms with E-state index in [0.717, 1.165) is 12.1 Å². The Bertz CT molecular complexity index is 888. The Hall–Kier alpha value is -2.56. The molecule has 1 atom stereocenters. The van der Waals surface area contributed by atoms with Crippen molar-refractivity contribution in [1.29, 1.82) is 5.26 Å². The predicted molar refractivity (Wildman–Crippen MR) is 79.3 cm³/mol. The number of ether oxygens (including phenoxy) is 1. The van der Waals surface area contributed by atoms with E-state index < -0.39 is 16.9 Å². The van der Waals surface area contributed by atoms with E-state index in [-0.39, 0.29) is 34.0 Å². The van der Waals surface area contributed by atoms with Gasteiger partial charge in [0, 0.05) is 23.6 Å². The summed E-state index contributed by atoms with van der Waals surface area (Å²) < 4.78 is 39.7. The molecule has 0 amide bonds. The highest BCUT2D eigenvalue weighted by Gasteiger charge is 2.28. The number of halogens is 1. The lowest BCUT2D eigenvalue weighted by atomic mass is 10.1. The van der Waals surface area contributed by atoms with Crippen LogP contribution in [0.2, 0.25) is 0 Å². The summed E-state index contributed by atoms with van der Waals surface area (Å²) in [4.78, 5) is 12.0. The first-order valence-corrected chi connectivity index (χ1v) is 7.78. The van der Waals surface area contributed by atoms with E-state index in [1.807, 2.05) is 6.07 Å². The number of carbonyl (C=O) groups excluding carboxylic acids is 1. The van der Waals surface area contributed by atoms with Crippen molar-refractivity contribution in [1.82, 2.24) is 0 Å². The van der Waals surface area contributed by atoms with Crippen LogP contribution in [0.5, 0.6) is 11.5 Å². The molecule has 0 bridgehead atoms. The molecule has 0 fully saturated rings. The van der Waals surface area contributed by atoms with Crippen molar-refractivity contribution in [2.24, 2.45) is 0 Å². The molecule has 1 aliphatic carbocycles. The lowest BCUT2D eigenvalue weighted by molar-refractivity contribution is 0.0991. The molecule has 116 valence electrons. The van der Waals surface area contributed by atoms with Crippen LogP contribution in [0.4, 0.5) is 4.39 Å². The van der Waals surface area contributed by atoms with Gasteiger partial charge in [-0.3, -0.25) is 4.79 Å². The fourth-order valence-electron chi connectivity index (χ4n) is 2.58. The summed E-state index contributed by atoms with van der Waals surface area (Å²) in [5, 5.41) is 8.86. The summed E-state index contributed by atoms with van der Waals surface area (Å²) >= 11 is -2.27. The minimum Gasteiger partial charge on any atom is -0.457 e. The highest BCUT2D eigenvalue weighted by atomic mass is 32.2. The van der Waals surface area contributed by atoms with E-state index in [4.69, 9.17) is 10.00 Å². The van der Waals surface area contributed by atoms with Gasteiger partial charge >= 0.3 is 0 Å². The lowest BCUT2D eigenvalue weighted by Crippen LogP contribution is -2.02. The number of nitriles is 1. The van der Waals surface area contributed by atoms with Gasteiger partial charge in [0.25, 0.3) is 0 Å². The SMILES string of the molecule is N#Cc1cc(F)cc(Oc2ccc(S(=O)O)c3c2CCC3=O)c1. The maximum absolute atomic E-state index is 13.5. The second-order valence-corrected chi connectivity index (χ2v) is 5.92. The molecule has 0 spiro atoms. The minimum absolute atomic E-state index is 0.0480. The number of benzene rings is 2. The van der Waals surface area contributed by atoms with E-state index in [1.165, 1.54) is 18.2 Å². The molecule has 0 aromatic heterocycles. The summed E-state index contributed by atoms with van der Waals surface area (Å²) in [6, 6.07) is 8.23. The lowest BCUT2D eigenvalue weighted by Gasteiger charge is -2.12. The number of hydrogen-bond donors (Lipinski definition) is 1. The standard InChI is InChI=1S/C16H10FNO4S/c17-10-5-9(8-18)6-11(7-10)22-14-3-4-15(23(20)21)16-12(14)1-2-13(16)19/h3-7H,1-2H2,(H,20,21). The molecular weight excluding hydrogens is 321 g/mol. The van der Waals surface area contributed by atoms with E-state index in [0.29, 0.717) is 17.7 Å². The normalized spacial score (nSPS) is 14.2. The van der Waals surface area contributed by atoms with Gasteiger partial charge in [0.2, 0.25) is 0 Å². The maximum Gasteiger partial charge on any atom is 0.187 e. The maximum atomic E-state index is 13.5. The average Bonchev–Trinajstić information content (AvgIpc) is 2.89.